The molecule has 0 spiro atoms. The van der Waals surface area contributed by atoms with Crippen LogP contribution in [0.15, 0.2) is 213 Å². The molecule has 10 rings (SSSR count). The van der Waals surface area contributed by atoms with Crippen LogP contribution >= 0.6 is 0 Å². The average Bonchev–Trinajstić information content (AvgIpc) is 3.36. The third-order valence-electron chi connectivity index (χ3n) is 11.3. The minimum Gasteiger partial charge on any atom is -0.304 e. The fraction of sp³-hybridized carbons (Fsp3) is 0.0806. The molecule has 0 N–H and O–H groups in total. The van der Waals surface area contributed by atoms with Crippen molar-refractivity contribution in [2.45, 2.75) is 34.6 Å². The average molecular weight is 1030 g/mol. The molecule has 322 valence electrons. The number of aromatic nitrogens is 3. The van der Waals surface area contributed by atoms with Gasteiger partial charge in [-0.05, 0) is 89.3 Å². The maximum Gasteiger partial charge on any atom is 3.00 e. The molecule has 10 aromatic rings. The van der Waals surface area contributed by atoms with E-state index in [2.05, 4.69) is 170 Å². The zero-order valence-corrected chi connectivity index (χ0v) is 40.3. The van der Waals surface area contributed by atoms with Crippen molar-refractivity contribution in [2.75, 3.05) is 0 Å². The molecule has 0 fully saturated rings. The van der Waals surface area contributed by atoms with Crippen LogP contribution in [0.4, 0.5) is 0 Å². The Labute approximate surface area is 404 Å². The molecule has 0 atom stereocenters. The number of benzene rings is 7. The molecule has 3 nitrogen and oxygen atoms in total. The second-order valence-corrected chi connectivity index (χ2v) is 16.2. The summed E-state index contributed by atoms with van der Waals surface area (Å²) in [6.45, 7) is 10.6. The van der Waals surface area contributed by atoms with Crippen molar-refractivity contribution in [1.29, 1.82) is 0 Å². The Morgan fingerprint density at radius 2 is 0.894 bits per heavy atom. The quantitative estimate of drug-likeness (QED) is 0.149. The van der Waals surface area contributed by atoms with Gasteiger partial charge >= 0.3 is 20.1 Å². The van der Waals surface area contributed by atoms with Gasteiger partial charge < -0.3 is 15.0 Å². The van der Waals surface area contributed by atoms with Gasteiger partial charge in [-0.25, -0.2) is 0 Å². The summed E-state index contributed by atoms with van der Waals surface area (Å²) in [6, 6.07) is 76.4. The summed E-state index contributed by atoms with van der Waals surface area (Å²) >= 11 is 0. The van der Waals surface area contributed by atoms with Gasteiger partial charge in [0, 0.05) is 18.6 Å². The first kappa shape index (κ1) is 46.6. The second-order valence-electron chi connectivity index (χ2n) is 16.2. The third kappa shape index (κ3) is 11.9. The Bertz CT molecular complexity index is 3000. The molecule has 7 aromatic carbocycles. The second kappa shape index (κ2) is 22.5. The van der Waals surface area contributed by atoms with Gasteiger partial charge in [0.05, 0.1) is 0 Å². The predicted octanol–water partition coefficient (Wildman–Crippen LogP) is 15.9. The minimum atomic E-state index is 0. The largest absolute Gasteiger partial charge is 3.00 e. The standard InChI is InChI=1S/C23H16N.C20H18N.C19H16N.Ir/c1-3-7-18(8-4-1)20-11-13-21(14-12-20)23-16-15-22(17-24-23)19-9-5-2-6-10-19;1-14-9-10-18(15(2)11-14)19-12-20(21-13-16(19)3)17-7-5-4-6-8-17;1-14-8-11-19(20-13-14)17-10-9-15(2)18(12-17)16-6-4-3-5-7-16;/h1-13,15-17H;4-7,9-13H,1-3H3;3-9,11-13H,1-2H3;/q3*-1;+3. The first-order valence-corrected chi connectivity index (χ1v) is 21.9. The Hall–Kier alpha value is -7.36. The van der Waals surface area contributed by atoms with Crippen LogP contribution in [-0.2, 0) is 20.1 Å². The topological polar surface area (TPSA) is 38.7 Å². The van der Waals surface area contributed by atoms with E-state index in [4.69, 9.17) is 0 Å². The van der Waals surface area contributed by atoms with Crippen LogP contribution in [0.25, 0.3) is 78.3 Å². The molecule has 0 aliphatic heterocycles. The first-order valence-electron chi connectivity index (χ1n) is 21.9. The Morgan fingerprint density at radius 1 is 0.318 bits per heavy atom. The van der Waals surface area contributed by atoms with Crippen LogP contribution in [0.3, 0.4) is 0 Å². The first-order chi connectivity index (χ1) is 31.8. The molecule has 3 heterocycles. The summed E-state index contributed by atoms with van der Waals surface area (Å²) in [6.07, 6.45) is 5.76. The monoisotopic (exact) mass is 1030 g/mol. The number of rotatable bonds is 7. The van der Waals surface area contributed by atoms with Gasteiger partial charge in [0.25, 0.3) is 0 Å². The molecule has 66 heavy (non-hydrogen) atoms. The smallest absolute Gasteiger partial charge is 0.304 e. The molecule has 0 aliphatic rings. The van der Waals surface area contributed by atoms with Gasteiger partial charge in [0.2, 0.25) is 0 Å². The normalized spacial score (nSPS) is 10.4. The van der Waals surface area contributed by atoms with Crippen molar-refractivity contribution in [3.8, 4) is 78.3 Å². The molecule has 3 aromatic heterocycles. The van der Waals surface area contributed by atoms with Crippen molar-refractivity contribution < 1.29 is 20.1 Å². The van der Waals surface area contributed by atoms with E-state index in [1.807, 2.05) is 110 Å². The SMILES string of the molecule is Cc1ccc(-c2[c-]cc(C)c(-c3ccccc3)c2)nc1.Cc1ccc(-c2cc(-c3[c-]cccc3)ncc2C)c(C)c1.[Ir+3].[c-]1cc(-c2ccccc2)ccc1-c1ccc(-c2ccccc2)cn1. The minimum absolute atomic E-state index is 0. The molecular weight excluding hydrogens is 979 g/mol. The molecular formula is C62H50IrN3. The zero-order valence-electron chi connectivity index (χ0n) is 37.9. The fourth-order valence-corrected chi connectivity index (χ4v) is 7.65. The number of aryl methyl sites for hydroxylation is 5. The van der Waals surface area contributed by atoms with Gasteiger partial charge in [0.15, 0.2) is 0 Å². The van der Waals surface area contributed by atoms with E-state index in [9.17, 15) is 0 Å². The summed E-state index contributed by atoms with van der Waals surface area (Å²) in [5.74, 6) is 0. The summed E-state index contributed by atoms with van der Waals surface area (Å²) in [5, 5.41) is 0. The summed E-state index contributed by atoms with van der Waals surface area (Å²) in [5.41, 5.74) is 21.8. The summed E-state index contributed by atoms with van der Waals surface area (Å²) in [7, 11) is 0. The number of nitrogens with zero attached hydrogens (tertiary/aromatic N) is 3. The number of hydrogen-bond acceptors (Lipinski definition) is 3. The Balaban J connectivity index is 0.000000147. The van der Waals surface area contributed by atoms with Crippen LogP contribution in [0.2, 0.25) is 0 Å². The molecule has 0 saturated carbocycles. The van der Waals surface area contributed by atoms with Crippen molar-refractivity contribution in [2.24, 2.45) is 0 Å². The van der Waals surface area contributed by atoms with Crippen LogP contribution in [0.5, 0.6) is 0 Å². The molecule has 0 unspecified atom stereocenters. The summed E-state index contributed by atoms with van der Waals surface area (Å²) < 4.78 is 0. The van der Waals surface area contributed by atoms with E-state index >= 15 is 0 Å². The van der Waals surface area contributed by atoms with E-state index in [1.54, 1.807) is 0 Å². The molecule has 0 aliphatic carbocycles. The molecule has 0 radical (unpaired) electrons. The van der Waals surface area contributed by atoms with Gasteiger partial charge in [-0.15, -0.1) is 95.1 Å². The van der Waals surface area contributed by atoms with Crippen LogP contribution in [0, 0.1) is 52.8 Å². The number of pyridine rings is 3. The van der Waals surface area contributed by atoms with Gasteiger partial charge in [0.1, 0.15) is 0 Å². The van der Waals surface area contributed by atoms with Crippen LogP contribution in [-0.4, -0.2) is 15.0 Å². The van der Waals surface area contributed by atoms with Crippen molar-refractivity contribution in [3.63, 3.8) is 0 Å². The van der Waals surface area contributed by atoms with Crippen molar-refractivity contribution in [3.05, 3.63) is 259 Å². The van der Waals surface area contributed by atoms with E-state index < -0.39 is 0 Å². The van der Waals surface area contributed by atoms with Gasteiger partial charge in [-0.2, -0.15) is 0 Å². The molecule has 0 saturated heterocycles. The van der Waals surface area contributed by atoms with Crippen molar-refractivity contribution in [1.82, 2.24) is 15.0 Å². The molecule has 0 amide bonds. The summed E-state index contributed by atoms with van der Waals surface area (Å²) in [4.78, 5) is 13.6. The molecule has 0 bridgehead atoms. The van der Waals surface area contributed by atoms with E-state index in [0.717, 1.165) is 39.3 Å². The zero-order chi connectivity index (χ0) is 45.0. The van der Waals surface area contributed by atoms with Gasteiger partial charge in [-0.3, -0.25) is 0 Å². The van der Waals surface area contributed by atoms with E-state index in [-0.39, 0.29) is 20.1 Å². The maximum atomic E-state index is 4.60. The third-order valence-corrected chi connectivity index (χ3v) is 11.3. The fourth-order valence-electron chi connectivity index (χ4n) is 7.65. The number of hydrogen-bond donors (Lipinski definition) is 0. The van der Waals surface area contributed by atoms with Crippen LogP contribution in [0.1, 0.15) is 27.8 Å². The Kier molecular flexibility index (Phi) is 15.9. The maximum absolute atomic E-state index is 4.60. The van der Waals surface area contributed by atoms with E-state index in [0.29, 0.717) is 0 Å². The Morgan fingerprint density at radius 3 is 1.50 bits per heavy atom. The molecule has 4 heteroatoms. The van der Waals surface area contributed by atoms with Crippen molar-refractivity contribution >= 4 is 0 Å². The van der Waals surface area contributed by atoms with Crippen LogP contribution < -0.4 is 0 Å². The van der Waals surface area contributed by atoms with E-state index in [1.165, 1.54) is 66.8 Å². The predicted molar refractivity (Wildman–Crippen MR) is 271 cm³/mol. The van der Waals surface area contributed by atoms with Gasteiger partial charge in [-0.1, -0.05) is 169 Å².